The first-order chi connectivity index (χ1) is 11.7. The second-order valence-corrected chi connectivity index (χ2v) is 5.91. The molecule has 120 valence electrons. The maximum absolute atomic E-state index is 11.5. The molecule has 24 heavy (non-hydrogen) atoms. The number of aromatic nitrogens is 1. The summed E-state index contributed by atoms with van der Waals surface area (Å²) >= 11 is 0. The van der Waals surface area contributed by atoms with E-state index < -0.39 is 0 Å². The number of carbonyl (C=O) groups excluding carboxylic acids is 1. The summed E-state index contributed by atoms with van der Waals surface area (Å²) < 4.78 is 5.92. The van der Waals surface area contributed by atoms with Gasteiger partial charge in [-0.15, -0.1) is 0 Å². The van der Waals surface area contributed by atoms with Crippen LogP contribution in [0.3, 0.4) is 0 Å². The molecule has 2 aromatic carbocycles. The Morgan fingerprint density at radius 1 is 1.17 bits per heavy atom. The average molecular weight is 319 g/mol. The molecule has 1 aliphatic heterocycles. The third-order valence-corrected chi connectivity index (χ3v) is 4.32. The van der Waals surface area contributed by atoms with Gasteiger partial charge in [-0.3, -0.25) is 4.79 Å². The molecule has 1 N–H and O–H groups in total. The monoisotopic (exact) mass is 319 g/mol. The van der Waals surface area contributed by atoms with E-state index in [1.165, 1.54) is 0 Å². The van der Waals surface area contributed by atoms with Crippen LogP contribution in [0.1, 0.15) is 25.3 Å². The standard InChI is InChI=1S/C19H17N3O2/c1-2-12-11-17(23)21-22-18(12)14-8-9-15-16(10-14)24-19(20-15)13-6-4-3-5-7-13/h3-10,12H,2,11H2,1H3,(H,21,23)/t12-/m0/s1. The Balaban J connectivity index is 1.75. The van der Waals surface area contributed by atoms with Crippen molar-refractivity contribution < 1.29 is 9.21 Å². The number of nitrogens with one attached hydrogen (secondary N) is 1. The van der Waals surface area contributed by atoms with Gasteiger partial charge in [0.05, 0.1) is 5.71 Å². The van der Waals surface area contributed by atoms with E-state index in [0.29, 0.717) is 12.3 Å². The molecule has 1 aliphatic rings. The molecule has 4 rings (SSSR count). The van der Waals surface area contributed by atoms with Crippen LogP contribution in [0.4, 0.5) is 0 Å². The van der Waals surface area contributed by atoms with Gasteiger partial charge in [-0.05, 0) is 30.7 Å². The maximum Gasteiger partial charge on any atom is 0.240 e. The number of amides is 1. The highest BCUT2D eigenvalue weighted by molar-refractivity contribution is 6.07. The van der Waals surface area contributed by atoms with Gasteiger partial charge in [-0.25, -0.2) is 10.4 Å². The number of hydrogen-bond acceptors (Lipinski definition) is 4. The maximum atomic E-state index is 11.5. The van der Waals surface area contributed by atoms with E-state index in [4.69, 9.17) is 4.42 Å². The molecule has 0 aliphatic carbocycles. The minimum atomic E-state index is -0.0299. The van der Waals surface area contributed by atoms with E-state index in [-0.39, 0.29) is 11.8 Å². The van der Waals surface area contributed by atoms with Crippen molar-refractivity contribution in [3.8, 4) is 11.5 Å². The minimum absolute atomic E-state index is 0.0299. The number of carbonyl (C=O) groups is 1. The molecule has 0 unspecified atom stereocenters. The van der Waals surface area contributed by atoms with Crippen LogP contribution in [-0.4, -0.2) is 16.6 Å². The molecule has 0 saturated heterocycles. The second kappa shape index (κ2) is 5.92. The molecule has 0 spiro atoms. The van der Waals surface area contributed by atoms with E-state index in [1.807, 2.05) is 48.5 Å². The molecule has 0 bridgehead atoms. The predicted molar refractivity (Wildman–Crippen MR) is 92.5 cm³/mol. The lowest BCUT2D eigenvalue weighted by molar-refractivity contribution is -0.122. The van der Waals surface area contributed by atoms with Crippen molar-refractivity contribution >= 4 is 22.7 Å². The Kier molecular flexibility index (Phi) is 3.61. The van der Waals surface area contributed by atoms with Crippen molar-refractivity contribution in [2.45, 2.75) is 19.8 Å². The molecule has 5 nitrogen and oxygen atoms in total. The Morgan fingerprint density at radius 2 is 2.00 bits per heavy atom. The summed E-state index contributed by atoms with van der Waals surface area (Å²) in [6.45, 7) is 2.07. The average Bonchev–Trinajstić information content (AvgIpc) is 3.05. The van der Waals surface area contributed by atoms with Crippen LogP contribution >= 0.6 is 0 Å². The summed E-state index contributed by atoms with van der Waals surface area (Å²) in [6, 6.07) is 15.7. The fourth-order valence-electron chi connectivity index (χ4n) is 3.01. The summed E-state index contributed by atoms with van der Waals surface area (Å²) in [5, 5.41) is 4.26. The smallest absolute Gasteiger partial charge is 0.240 e. The number of rotatable bonds is 3. The first-order valence-electron chi connectivity index (χ1n) is 8.07. The molecule has 3 aromatic rings. The van der Waals surface area contributed by atoms with Crippen LogP contribution in [0, 0.1) is 5.92 Å². The SMILES string of the molecule is CC[C@H]1CC(=O)NN=C1c1ccc2nc(-c3ccccc3)oc2c1. The molecule has 5 heteroatoms. The molecular weight excluding hydrogens is 302 g/mol. The fraction of sp³-hybridized carbons (Fsp3) is 0.211. The van der Waals surface area contributed by atoms with Crippen molar-refractivity contribution in [3.05, 3.63) is 54.1 Å². The van der Waals surface area contributed by atoms with Gasteiger partial charge in [0, 0.05) is 23.5 Å². The highest BCUT2D eigenvalue weighted by Gasteiger charge is 2.24. The largest absolute Gasteiger partial charge is 0.436 e. The van der Waals surface area contributed by atoms with Crippen LogP contribution in [0.2, 0.25) is 0 Å². The lowest BCUT2D eigenvalue weighted by Gasteiger charge is -2.21. The van der Waals surface area contributed by atoms with E-state index in [2.05, 4.69) is 22.4 Å². The van der Waals surface area contributed by atoms with Gasteiger partial charge in [0.1, 0.15) is 5.52 Å². The molecule has 0 saturated carbocycles. The number of benzene rings is 2. The normalized spacial score (nSPS) is 17.6. The third kappa shape index (κ3) is 2.58. The first-order valence-corrected chi connectivity index (χ1v) is 8.07. The van der Waals surface area contributed by atoms with Gasteiger partial charge >= 0.3 is 0 Å². The Bertz CT molecular complexity index is 928. The van der Waals surface area contributed by atoms with Gasteiger partial charge in [0.2, 0.25) is 11.8 Å². The number of hydrogen-bond donors (Lipinski definition) is 1. The van der Waals surface area contributed by atoms with Crippen molar-refractivity contribution in [1.82, 2.24) is 10.4 Å². The highest BCUT2D eigenvalue weighted by Crippen LogP contribution is 2.27. The van der Waals surface area contributed by atoms with Crippen LogP contribution in [-0.2, 0) is 4.79 Å². The molecule has 1 atom stereocenters. The van der Waals surface area contributed by atoms with Gasteiger partial charge in [0.25, 0.3) is 0 Å². The molecule has 1 amide bonds. The summed E-state index contributed by atoms with van der Waals surface area (Å²) in [6.07, 6.45) is 1.34. The van der Waals surface area contributed by atoms with Crippen molar-refractivity contribution in [3.63, 3.8) is 0 Å². The minimum Gasteiger partial charge on any atom is -0.436 e. The number of nitrogens with zero attached hydrogens (tertiary/aromatic N) is 2. The highest BCUT2D eigenvalue weighted by atomic mass is 16.3. The Hall–Kier alpha value is -2.95. The van der Waals surface area contributed by atoms with Crippen molar-refractivity contribution in [2.24, 2.45) is 11.0 Å². The van der Waals surface area contributed by atoms with E-state index in [0.717, 1.165) is 34.4 Å². The zero-order chi connectivity index (χ0) is 16.5. The van der Waals surface area contributed by atoms with E-state index >= 15 is 0 Å². The van der Waals surface area contributed by atoms with Gasteiger partial charge < -0.3 is 4.42 Å². The summed E-state index contributed by atoms with van der Waals surface area (Å²) in [7, 11) is 0. The zero-order valence-corrected chi connectivity index (χ0v) is 13.3. The Morgan fingerprint density at radius 3 is 2.79 bits per heavy atom. The second-order valence-electron chi connectivity index (χ2n) is 5.91. The number of oxazole rings is 1. The van der Waals surface area contributed by atoms with Crippen molar-refractivity contribution in [1.29, 1.82) is 0 Å². The zero-order valence-electron chi connectivity index (χ0n) is 13.3. The van der Waals surface area contributed by atoms with Gasteiger partial charge in [-0.2, -0.15) is 5.10 Å². The lowest BCUT2D eigenvalue weighted by atomic mass is 9.90. The van der Waals surface area contributed by atoms with Gasteiger partial charge in [-0.1, -0.05) is 31.2 Å². The fourth-order valence-corrected chi connectivity index (χ4v) is 3.01. The molecule has 0 fully saturated rings. The van der Waals surface area contributed by atoms with E-state index in [9.17, 15) is 4.79 Å². The molecular formula is C19H17N3O2. The van der Waals surface area contributed by atoms with Crippen LogP contribution in [0.25, 0.3) is 22.6 Å². The third-order valence-electron chi connectivity index (χ3n) is 4.32. The summed E-state index contributed by atoms with van der Waals surface area (Å²) in [5.41, 5.74) is 6.92. The first kappa shape index (κ1) is 14.6. The van der Waals surface area contributed by atoms with Crippen LogP contribution in [0.5, 0.6) is 0 Å². The lowest BCUT2D eigenvalue weighted by Crippen LogP contribution is -2.33. The van der Waals surface area contributed by atoms with E-state index in [1.54, 1.807) is 0 Å². The Labute approximate surface area is 139 Å². The van der Waals surface area contributed by atoms with Crippen LogP contribution < -0.4 is 5.43 Å². The van der Waals surface area contributed by atoms with Gasteiger partial charge in [0.15, 0.2) is 5.58 Å². The topological polar surface area (TPSA) is 67.5 Å². The number of fused-ring (bicyclic) bond motifs is 1. The van der Waals surface area contributed by atoms with Crippen molar-refractivity contribution in [2.75, 3.05) is 0 Å². The summed E-state index contributed by atoms with van der Waals surface area (Å²) in [5.74, 6) is 0.707. The number of hydrazone groups is 1. The molecule has 1 aromatic heterocycles. The molecule has 0 radical (unpaired) electrons. The summed E-state index contributed by atoms with van der Waals surface area (Å²) in [4.78, 5) is 16.1. The predicted octanol–water partition coefficient (Wildman–Crippen LogP) is 3.75. The van der Waals surface area contributed by atoms with Crippen LogP contribution in [0.15, 0.2) is 58.0 Å². The molecule has 2 heterocycles. The quantitative estimate of drug-likeness (QED) is 0.799.